The van der Waals surface area contributed by atoms with Crippen molar-refractivity contribution in [3.05, 3.63) is 63.0 Å². The minimum absolute atomic E-state index is 0.00550. The van der Waals surface area contributed by atoms with Crippen molar-refractivity contribution < 1.29 is 22.7 Å². The van der Waals surface area contributed by atoms with Crippen LogP contribution in [0.25, 0.3) is 10.9 Å². The van der Waals surface area contributed by atoms with E-state index in [1.54, 1.807) is 0 Å². The number of fused-ring (bicyclic) bond motifs is 1. The highest BCUT2D eigenvalue weighted by Crippen LogP contribution is 2.39. The lowest BCUT2D eigenvalue weighted by atomic mass is 9.95. The average Bonchev–Trinajstić information content (AvgIpc) is 2.96. The second-order valence-electron chi connectivity index (χ2n) is 10.3. The fourth-order valence-corrected chi connectivity index (χ4v) is 5.62. The number of alkyl halides is 3. The van der Waals surface area contributed by atoms with Gasteiger partial charge >= 0.3 is 6.18 Å². The summed E-state index contributed by atoms with van der Waals surface area (Å²) in [5, 5.41) is 3.57. The van der Waals surface area contributed by atoms with Gasteiger partial charge in [-0.05, 0) is 85.8 Å². The second kappa shape index (κ2) is 12.2. The number of hydrogen-bond donors (Lipinski definition) is 0. The number of piperazine rings is 1. The SMILES string of the molecule is Cc1cc(N2CCN(C(=O)COC3CCC(=Nc4ccc(N=O)c(C(F)(F)F)c4)CC3)CC2)nc2ccc(Br)cc12. The number of aliphatic imine (C=N–C) groups is 1. The van der Waals surface area contributed by atoms with Crippen LogP contribution in [0.4, 0.5) is 30.4 Å². The molecule has 2 aliphatic rings. The first-order chi connectivity index (χ1) is 19.6. The number of amides is 1. The van der Waals surface area contributed by atoms with Crippen LogP contribution in [0.3, 0.4) is 0 Å². The molecule has 1 aliphatic heterocycles. The van der Waals surface area contributed by atoms with Gasteiger partial charge in [0.1, 0.15) is 18.1 Å². The number of carbonyl (C=O) groups is 1. The molecule has 2 heterocycles. The van der Waals surface area contributed by atoms with Gasteiger partial charge in [0.25, 0.3) is 0 Å². The number of benzene rings is 2. The molecule has 41 heavy (non-hydrogen) atoms. The third-order valence-electron chi connectivity index (χ3n) is 7.54. The van der Waals surface area contributed by atoms with Gasteiger partial charge in [-0.2, -0.15) is 13.2 Å². The van der Waals surface area contributed by atoms with Crippen molar-refractivity contribution in [2.75, 3.05) is 37.7 Å². The fourth-order valence-electron chi connectivity index (χ4n) is 5.26. The molecule has 1 aromatic heterocycles. The largest absolute Gasteiger partial charge is 0.418 e. The molecule has 0 atom stereocenters. The van der Waals surface area contributed by atoms with Gasteiger partial charge in [0, 0.05) is 41.7 Å². The Morgan fingerprint density at radius 2 is 1.80 bits per heavy atom. The molecule has 0 unspecified atom stereocenters. The molecule has 2 fully saturated rings. The van der Waals surface area contributed by atoms with Crippen LogP contribution >= 0.6 is 15.9 Å². The molecule has 5 rings (SSSR count). The summed E-state index contributed by atoms with van der Waals surface area (Å²) in [4.78, 5) is 36.7. The van der Waals surface area contributed by atoms with Crippen molar-refractivity contribution in [1.29, 1.82) is 0 Å². The molecule has 12 heteroatoms. The Morgan fingerprint density at radius 3 is 2.49 bits per heavy atom. The van der Waals surface area contributed by atoms with E-state index in [0.717, 1.165) is 44.6 Å². The van der Waals surface area contributed by atoms with Crippen molar-refractivity contribution in [3.8, 4) is 0 Å². The Balaban J connectivity index is 1.09. The third kappa shape index (κ3) is 6.92. The fraction of sp³-hybridized carbons (Fsp3) is 0.414. The topological polar surface area (TPSA) is 87.5 Å². The number of hydrogen-bond acceptors (Lipinski definition) is 7. The number of anilines is 1. The van der Waals surface area contributed by atoms with E-state index >= 15 is 0 Å². The zero-order valence-electron chi connectivity index (χ0n) is 22.5. The van der Waals surface area contributed by atoms with Crippen molar-refractivity contribution >= 4 is 55.6 Å². The quantitative estimate of drug-likeness (QED) is 0.271. The Bertz CT molecular complexity index is 1480. The zero-order chi connectivity index (χ0) is 29.1. The van der Waals surface area contributed by atoms with Crippen molar-refractivity contribution in [2.45, 2.75) is 44.9 Å². The normalized spacial score (nSPS) is 18.1. The van der Waals surface area contributed by atoms with E-state index in [2.05, 4.69) is 50.1 Å². The van der Waals surface area contributed by atoms with Gasteiger partial charge in [-0.25, -0.2) is 4.98 Å². The highest BCUT2D eigenvalue weighted by molar-refractivity contribution is 9.10. The maximum atomic E-state index is 13.2. The van der Waals surface area contributed by atoms with Gasteiger partial charge in [-0.1, -0.05) is 15.9 Å². The number of carbonyl (C=O) groups excluding carboxylic acids is 1. The first-order valence-corrected chi connectivity index (χ1v) is 14.2. The first-order valence-electron chi connectivity index (χ1n) is 13.4. The van der Waals surface area contributed by atoms with E-state index in [-0.39, 0.29) is 24.3 Å². The van der Waals surface area contributed by atoms with Crippen LogP contribution in [0, 0.1) is 11.8 Å². The van der Waals surface area contributed by atoms with E-state index in [1.165, 1.54) is 6.07 Å². The van der Waals surface area contributed by atoms with E-state index in [0.29, 0.717) is 51.9 Å². The summed E-state index contributed by atoms with van der Waals surface area (Å²) in [5.41, 5.74) is 1.24. The Morgan fingerprint density at radius 1 is 1.07 bits per heavy atom. The van der Waals surface area contributed by atoms with Gasteiger partial charge < -0.3 is 14.5 Å². The number of nitroso groups, excluding NO2 is 1. The summed E-state index contributed by atoms with van der Waals surface area (Å²) in [6.07, 6.45) is -2.43. The van der Waals surface area contributed by atoms with Gasteiger partial charge in [0.2, 0.25) is 5.91 Å². The molecule has 0 N–H and O–H groups in total. The van der Waals surface area contributed by atoms with Crippen LogP contribution in [0.1, 0.15) is 36.8 Å². The molecule has 0 radical (unpaired) electrons. The van der Waals surface area contributed by atoms with Gasteiger partial charge in [0.05, 0.1) is 22.9 Å². The molecule has 8 nitrogen and oxygen atoms in total. The number of pyridine rings is 1. The Kier molecular flexibility index (Phi) is 8.69. The first kappa shape index (κ1) is 29.1. The predicted octanol–water partition coefficient (Wildman–Crippen LogP) is 7.10. The molecule has 216 valence electrons. The summed E-state index contributed by atoms with van der Waals surface area (Å²) >= 11 is 3.51. The standard InChI is InChI=1S/C29H29BrF3N5O3/c1-18-14-27(35-25-8-2-19(30)15-23(18)25)37-10-12-38(13-11-37)28(39)17-41-22-6-3-20(4-7-22)34-21-5-9-26(36-40)24(16-21)29(31,32)33/h2,5,8-9,14-16,22H,3-4,6-7,10-13,17H2,1H3. The summed E-state index contributed by atoms with van der Waals surface area (Å²) < 4.78 is 46.5. The van der Waals surface area contributed by atoms with Gasteiger partial charge in [0.15, 0.2) is 0 Å². The van der Waals surface area contributed by atoms with Gasteiger partial charge in [-0.3, -0.25) is 9.79 Å². The molecule has 0 spiro atoms. The summed E-state index contributed by atoms with van der Waals surface area (Å²) in [6.45, 7) is 4.61. The number of aromatic nitrogens is 1. The molecular weight excluding hydrogens is 603 g/mol. The molecule has 1 amide bonds. The highest BCUT2D eigenvalue weighted by Gasteiger charge is 2.34. The van der Waals surface area contributed by atoms with Crippen LogP contribution in [0.15, 0.2) is 57.1 Å². The van der Waals surface area contributed by atoms with Crippen LogP contribution in [0.5, 0.6) is 0 Å². The number of nitrogens with zero attached hydrogens (tertiary/aromatic N) is 5. The number of rotatable bonds is 6. The summed E-state index contributed by atoms with van der Waals surface area (Å²) in [6, 6.07) is 11.4. The third-order valence-corrected chi connectivity index (χ3v) is 8.04. The second-order valence-corrected chi connectivity index (χ2v) is 11.2. The number of halogens is 4. The van der Waals surface area contributed by atoms with E-state index < -0.39 is 17.4 Å². The summed E-state index contributed by atoms with van der Waals surface area (Å²) in [7, 11) is 0. The van der Waals surface area contributed by atoms with Crippen LogP contribution < -0.4 is 4.90 Å². The van der Waals surface area contributed by atoms with Crippen molar-refractivity contribution in [1.82, 2.24) is 9.88 Å². The molecule has 0 bridgehead atoms. The van der Waals surface area contributed by atoms with E-state index in [1.807, 2.05) is 17.0 Å². The Labute approximate surface area is 243 Å². The van der Waals surface area contributed by atoms with Crippen LogP contribution in [-0.4, -0.2) is 60.4 Å². The lowest BCUT2D eigenvalue weighted by Crippen LogP contribution is -2.50. The minimum Gasteiger partial charge on any atom is -0.368 e. The lowest BCUT2D eigenvalue weighted by molar-refractivity contribution is -0.139. The maximum Gasteiger partial charge on any atom is 0.418 e. The smallest absolute Gasteiger partial charge is 0.368 e. The maximum absolute atomic E-state index is 13.2. The van der Waals surface area contributed by atoms with Crippen LogP contribution in [0.2, 0.25) is 0 Å². The molecule has 1 aliphatic carbocycles. The monoisotopic (exact) mass is 631 g/mol. The Hall–Kier alpha value is -3.38. The van der Waals surface area contributed by atoms with Crippen LogP contribution in [-0.2, 0) is 15.7 Å². The van der Waals surface area contributed by atoms with Gasteiger partial charge in [-0.15, -0.1) is 4.91 Å². The minimum atomic E-state index is -4.69. The molecular formula is C29H29BrF3N5O3. The molecule has 1 saturated carbocycles. The number of aryl methyl sites for hydroxylation is 1. The lowest BCUT2D eigenvalue weighted by Gasteiger charge is -2.36. The highest BCUT2D eigenvalue weighted by atomic mass is 79.9. The average molecular weight is 632 g/mol. The molecule has 1 saturated heterocycles. The summed E-state index contributed by atoms with van der Waals surface area (Å²) in [5.74, 6) is 0.853. The van der Waals surface area contributed by atoms with E-state index in [9.17, 15) is 22.9 Å². The van der Waals surface area contributed by atoms with E-state index in [4.69, 9.17) is 9.72 Å². The van der Waals surface area contributed by atoms with Crippen molar-refractivity contribution in [2.24, 2.45) is 10.2 Å². The predicted molar refractivity (Wildman–Crippen MR) is 155 cm³/mol. The molecule has 2 aromatic carbocycles. The molecule has 3 aromatic rings. The number of ether oxygens (including phenoxy) is 1. The zero-order valence-corrected chi connectivity index (χ0v) is 24.0. The van der Waals surface area contributed by atoms with Crippen molar-refractivity contribution in [3.63, 3.8) is 0 Å².